The number of nitrogens with zero attached hydrogens (tertiary/aromatic N) is 4. The van der Waals surface area contributed by atoms with Crippen molar-refractivity contribution in [3.05, 3.63) is 59.4 Å². The topological polar surface area (TPSA) is 142 Å². The summed E-state index contributed by atoms with van der Waals surface area (Å²) in [6.45, 7) is 3.08. The Hall–Kier alpha value is -4.10. The van der Waals surface area contributed by atoms with E-state index in [1.54, 1.807) is 18.2 Å². The van der Waals surface area contributed by atoms with E-state index in [2.05, 4.69) is 25.3 Å². The van der Waals surface area contributed by atoms with E-state index in [1.807, 2.05) is 11.8 Å². The van der Waals surface area contributed by atoms with Gasteiger partial charge in [0.2, 0.25) is 17.9 Å². The molecule has 2 aliphatic rings. The van der Waals surface area contributed by atoms with Crippen LogP contribution in [0.3, 0.4) is 0 Å². The monoisotopic (exact) mass is 629 g/mol. The summed E-state index contributed by atoms with van der Waals surface area (Å²) in [5.41, 5.74) is 7.46. The first kappa shape index (κ1) is 29.9. The van der Waals surface area contributed by atoms with Crippen molar-refractivity contribution in [1.29, 1.82) is 0 Å². The highest BCUT2D eigenvalue weighted by atomic mass is 35.5. The molecular weight excluding hydrogens is 599 g/mol. The normalized spacial score (nSPS) is 20.7. The maximum absolute atomic E-state index is 14.7. The fourth-order valence-electron chi connectivity index (χ4n) is 6.72. The molecule has 0 amide bonds. The molecule has 0 bridgehead atoms. The number of carbonyl (C=O) groups is 1. The van der Waals surface area contributed by atoms with Crippen molar-refractivity contribution in [2.75, 3.05) is 23.7 Å². The van der Waals surface area contributed by atoms with Gasteiger partial charge in [0.15, 0.2) is 0 Å². The smallest absolute Gasteiger partial charge is 0.429 e. The number of para-hydroxylation sites is 1. The number of nitrogen functional groups attached to an aromatic ring is 1. The van der Waals surface area contributed by atoms with Gasteiger partial charge >= 0.3 is 12.1 Å². The van der Waals surface area contributed by atoms with Crippen molar-refractivity contribution >= 4 is 40.4 Å². The van der Waals surface area contributed by atoms with Crippen LogP contribution < -0.4 is 20.7 Å². The fraction of sp³-hybridized carbons (Fsp3) is 0.400. The number of aliphatic carboxylic acids is 1. The van der Waals surface area contributed by atoms with E-state index in [1.165, 1.54) is 30.6 Å². The Balaban J connectivity index is 1.29. The number of hydrogen-bond donors (Lipinski definition) is 4. The number of hydrogen-bond acceptors (Lipinski definition) is 8. The summed E-state index contributed by atoms with van der Waals surface area (Å²) in [4.78, 5) is 29.1. The second-order valence-electron chi connectivity index (χ2n) is 11.4. The number of aromatic nitrogens is 4. The molecule has 44 heavy (non-hydrogen) atoms. The van der Waals surface area contributed by atoms with E-state index >= 15 is 0 Å². The van der Waals surface area contributed by atoms with Gasteiger partial charge in [0, 0.05) is 41.3 Å². The maximum atomic E-state index is 14.7. The van der Waals surface area contributed by atoms with Crippen LogP contribution in [0.1, 0.15) is 44.3 Å². The molecule has 3 atom stereocenters. The van der Waals surface area contributed by atoms with Gasteiger partial charge in [-0.1, -0.05) is 36.7 Å². The average molecular weight is 630 g/mol. The Bertz CT molecular complexity index is 1690. The maximum Gasteiger partial charge on any atom is 0.429 e. The number of anilines is 2. The minimum atomic E-state index is -4.83. The molecule has 2 aromatic heterocycles. The van der Waals surface area contributed by atoms with E-state index in [0.717, 1.165) is 6.42 Å². The SMILES string of the molecule is CCC1NC(C(=O)O)CC12CCN(c1cc(O[C@H](c3ccc(Cl)cc3-c3cccc4[nH]cnc34)C(F)(F)F)nc(N)n1)CC2. The molecule has 232 valence electrons. The number of benzene rings is 2. The van der Waals surface area contributed by atoms with E-state index in [-0.39, 0.29) is 39.4 Å². The zero-order chi connectivity index (χ0) is 31.2. The molecule has 1 spiro atoms. The van der Waals surface area contributed by atoms with E-state index in [9.17, 15) is 23.1 Å². The lowest BCUT2D eigenvalue weighted by atomic mass is 9.71. The lowest BCUT2D eigenvalue weighted by molar-refractivity contribution is -0.198. The van der Waals surface area contributed by atoms with Crippen molar-refractivity contribution in [2.45, 2.75) is 57.0 Å². The van der Waals surface area contributed by atoms with E-state index < -0.39 is 24.3 Å². The number of piperidine rings is 1. The van der Waals surface area contributed by atoms with Crippen molar-refractivity contribution in [3.8, 4) is 17.0 Å². The molecule has 4 aromatic rings. The molecule has 2 unspecified atom stereocenters. The van der Waals surface area contributed by atoms with Gasteiger partial charge in [-0.25, -0.2) is 4.98 Å². The number of nitrogens with one attached hydrogen (secondary N) is 2. The van der Waals surface area contributed by atoms with Gasteiger partial charge in [-0.15, -0.1) is 0 Å². The molecule has 10 nitrogen and oxygen atoms in total. The van der Waals surface area contributed by atoms with Crippen LogP contribution in [0.25, 0.3) is 22.2 Å². The number of rotatable bonds is 7. The molecule has 4 heterocycles. The van der Waals surface area contributed by atoms with Crippen molar-refractivity contribution < 1.29 is 27.8 Å². The number of imidazole rings is 1. The fourth-order valence-corrected chi connectivity index (χ4v) is 6.90. The molecule has 2 aromatic carbocycles. The van der Waals surface area contributed by atoms with Crippen LogP contribution in [0.4, 0.5) is 24.9 Å². The van der Waals surface area contributed by atoms with Gasteiger partial charge in [-0.3, -0.25) is 4.79 Å². The Morgan fingerprint density at radius 1 is 1.20 bits per heavy atom. The summed E-state index contributed by atoms with van der Waals surface area (Å²) in [6.07, 6.45) is -3.05. The van der Waals surface area contributed by atoms with Gasteiger partial charge in [-0.2, -0.15) is 23.1 Å². The number of aromatic amines is 1. The summed E-state index contributed by atoms with van der Waals surface area (Å²) in [7, 11) is 0. The number of carboxylic acid groups (broad SMARTS) is 1. The average Bonchev–Trinajstić information content (AvgIpc) is 3.61. The number of halogens is 4. The molecule has 2 aliphatic heterocycles. The minimum absolute atomic E-state index is 0.0635. The number of H-pyrrole nitrogens is 1. The van der Waals surface area contributed by atoms with Crippen LogP contribution in [-0.2, 0) is 4.79 Å². The first-order valence-corrected chi connectivity index (χ1v) is 14.7. The number of ether oxygens (including phenoxy) is 1. The van der Waals surface area contributed by atoms with Crippen LogP contribution in [0, 0.1) is 5.41 Å². The summed E-state index contributed by atoms with van der Waals surface area (Å²) in [6, 6.07) is 10.1. The lowest BCUT2D eigenvalue weighted by Gasteiger charge is -2.43. The quantitative estimate of drug-likeness (QED) is 0.201. The Morgan fingerprint density at radius 3 is 2.68 bits per heavy atom. The highest BCUT2D eigenvalue weighted by Crippen LogP contribution is 2.46. The summed E-state index contributed by atoms with van der Waals surface area (Å²) >= 11 is 6.26. The third kappa shape index (κ3) is 5.61. The van der Waals surface area contributed by atoms with E-state index in [0.29, 0.717) is 54.8 Å². The Morgan fingerprint density at radius 2 is 1.98 bits per heavy atom. The van der Waals surface area contributed by atoms with Crippen LogP contribution in [0.15, 0.2) is 48.8 Å². The first-order chi connectivity index (χ1) is 21.0. The van der Waals surface area contributed by atoms with Crippen LogP contribution in [0.2, 0.25) is 5.02 Å². The van der Waals surface area contributed by atoms with Crippen molar-refractivity contribution in [2.24, 2.45) is 5.41 Å². The molecule has 2 saturated heterocycles. The minimum Gasteiger partial charge on any atom is -0.480 e. The lowest BCUT2D eigenvalue weighted by Crippen LogP contribution is -2.46. The predicted octanol–water partition coefficient (Wildman–Crippen LogP) is 5.75. The number of fused-ring (bicyclic) bond motifs is 1. The predicted molar refractivity (Wildman–Crippen MR) is 160 cm³/mol. The highest BCUT2D eigenvalue weighted by Gasteiger charge is 2.50. The number of nitrogens with two attached hydrogens (primary N) is 1. The Labute approximate surface area is 255 Å². The van der Waals surface area contributed by atoms with Crippen molar-refractivity contribution in [3.63, 3.8) is 0 Å². The van der Waals surface area contributed by atoms with Gasteiger partial charge < -0.3 is 30.8 Å². The largest absolute Gasteiger partial charge is 0.480 e. The number of alkyl halides is 3. The third-order valence-electron chi connectivity index (χ3n) is 8.82. The van der Waals surface area contributed by atoms with Crippen LogP contribution in [0.5, 0.6) is 5.88 Å². The molecule has 5 N–H and O–H groups in total. The van der Waals surface area contributed by atoms with Crippen LogP contribution in [-0.4, -0.2) is 62.4 Å². The van der Waals surface area contributed by atoms with Gasteiger partial charge in [0.1, 0.15) is 11.9 Å². The first-order valence-electron chi connectivity index (χ1n) is 14.3. The summed E-state index contributed by atoms with van der Waals surface area (Å²) in [5.74, 6) is -1.07. The molecule has 6 rings (SSSR count). The standard InChI is InChI=1S/C30H31ClF3N7O3/c1-2-22-29(14-21(38-22)27(42)43)8-10-41(11-9-29)23-13-24(40-28(35)39-23)44-26(30(32,33)34)18-7-6-16(31)12-19(18)17-4-3-5-20-25(17)37-15-36-20/h3-7,12-13,15,21-22,26,38H,2,8-11,14H2,1H3,(H,36,37)(H,42,43)(H2,35,39,40)/t21?,22?,26-/m1/s1. The second kappa shape index (κ2) is 11.4. The Kier molecular flexibility index (Phi) is 7.78. The molecule has 14 heteroatoms. The molecule has 0 radical (unpaired) electrons. The number of carboxylic acids is 1. The van der Waals surface area contributed by atoms with Gasteiger partial charge in [0.05, 0.1) is 17.4 Å². The molecular formula is C30H31ClF3N7O3. The molecule has 0 aliphatic carbocycles. The van der Waals surface area contributed by atoms with Crippen LogP contribution >= 0.6 is 11.6 Å². The summed E-state index contributed by atoms with van der Waals surface area (Å²) < 4.78 is 49.7. The molecule has 2 fully saturated rings. The summed E-state index contributed by atoms with van der Waals surface area (Å²) in [5, 5.41) is 13.1. The highest BCUT2D eigenvalue weighted by molar-refractivity contribution is 6.31. The molecule has 0 saturated carbocycles. The third-order valence-corrected chi connectivity index (χ3v) is 9.06. The van der Waals surface area contributed by atoms with Gasteiger partial charge in [0.25, 0.3) is 0 Å². The zero-order valence-electron chi connectivity index (χ0n) is 23.7. The van der Waals surface area contributed by atoms with Crippen molar-refractivity contribution in [1.82, 2.24) is 25.3 Å². The van der Waals surface area contributed by atoms with E-state index in [4.69, 9.17) is 22.1 Å². The zero-order valence-corrected chi connectivity index (χ0v) is 24.5. The van der Waals surface area contributed by atoms with Gasteiger partial charge in [-0.05, 0) is 54.9 Å². The second-order valence-corrected chi connectivity index (χ2v) is 11.8.